The lowest BCUT2D eigenvalue weighted by atomic mass is 9.86. The van der Waals surface area contributed by atoms with Gasteiger partial charge in [0, 0.05) is 47.4 Å². The normalized spacial score (nSPS) is 19.6. The summed E-state index contributed by atoms with van der Waals surface area (Å²) in [5.74, 6) is 0.617. The van der Waals surface area contributed by atoms with Gasteiger partial charge < -0.3 is 14.2 Å². The molecule has 0 bridgehead atoms. The number of carbonyl (C=O) groups excluding carboxylic acids is 1. The summed E-state index contributed by atoms with van der Waals surface area (Å²) in [4.78, 5) is 27.3. The van der Waals surface area contributed by atoms with Gasteiger partial charge in [0.25, 0.3) is 0 Å². The van der Waals surface area contributed by atoms with E-state index in [2.05, 4.69) is 19.8 Å². The lowest BCUT2D eigenvalue weighted by Crippen LogP contribution is -2.31. The number of aryl methyl sites for hydroxylation is 1. The molecule has 3 aromatic heterocycles. The summed E-state index contributed by atoms with van der Waals surface area (Å²) in [5.41, 5.74) is 2.56. The molecule has 0 radical (unpaired) electrons. The molecule has 2 fully saturated rings. The molecule has 6 rings (SSSR count). The molecule has 2 aliphatic heterocycles. The Hall–Kier alpha value is -3.69. The van der Waals surface area contributed by atoms with Gasteiger partial charge in [0.2, 0.25) is 0 Å². The number of fused-ring (bicyclic) bond motifs is 2. The molecule has 8 nitrogen and oxygen atoms in total. The van der Waals surface area contributed by atoms with Crippen LogP contribution in [0.1, 0.15) is 34.5 Å². The van der Waals surface area contributed by atoms with Crippen molar-refractivity contribution in [3.05, 3.63) is 52.3 Å². The van der Waals surface area contributed by atoms with Gasteiger partial charge in [-0.3, -0.25) is 9.69 Å². The van der Waals surface area contributed by atoms with Crippen molar-refractivity contribution in [1.82, 2.24) is 19.4 Å². The minimum absolute atomic E-state index is 0.0191. The molecule has 0 amide bonds. The van der Waals surface area contributed by atoms with E-state index >= 15 is 0 Å². The largest absolute Gasteiger partial charge is 0.469 e. The number of hydrogen-bond acceptors (Lipinski definition) is 8. The maximum absolute atomic E-state index is 13.2. The number of thiophene rings is 1. The summed E-state index contributed by atoms with van der Waals surface area (Å²) in [6, 6.07) is 9.10. The minimum Gasteiger partial charge on any atom is -0.469 e. The lowest BCUT2D eigenvalue weighted by Gasteiger charge is -2.25. The number of anilines is 1. The number of aromatic nitrogens is 3. The molecule has 1 unspecified atom stereocenters. The Balaban J connectivity index is 1.18. The van der Waals surface area contributed by atoms with Gasteiger partial charge >= 0.3 is 12.1 Å². The molecule has 2 aliphatic rings. The van der Waals surface area contributed by atoms with Gasteiger partial charge in [0.05, 0.1) is 18.9 Å². The first kappa shape index (κ1) is 27.5. The highest BCUT2D eigenvalue weighted by molar-refractivity contribution is 7.18. The van der Waals surface area contributed by atoms with Crippen LogP contribution in [0.5, 0.6) is 0 Å². The molecule has 214 valence electrons. The van der Waals surface area contributed by atoms with Crippen molar-refractivity contribution in [1.29, 1.82) is 5.26 Å². The van der Waals surface area contributed by atoms with Crippen LogP contribution in [0.25, 0.3) is 21.1 Å². The van der Waals surface area contributed by atoms with Crippen molar-refractivity contribution in [2.24, 2.45) is 5.41 Å². The quantitative estimate of drug-likeness (QED) is 0.289. The van der Waals surface area contributed by atoms with E-state index in [9.17, 15) is 23.2 Å². The zero-order chi connectivity index (χ0) is 28.9. The second-order valence-electron chi connectivity index (χ2n) is 11.1. The molecular formula is C29H29F3N6O2S. The summed E-state index contributed by atoms with van der Waals surface area (Å²) >= 11 is 1.49. The van der Waals surface area contributed by atoms with Gasteiger partial charge in [-0.05, 0) is 55.6 Å². The summed E-state index contributed by atoms with van der Waals surface area (Å²) < 4.78 is 45.4. The number of rotatable bonds is 6. The molecular weight excluding hydrogens is 553 g/mol. The van der Waals surface area contributed by atoms with Crippen molar-refractivity contribution >= 4 is 44.2 Å². The van der Waals surface area contributed by atoms with Crippen LogP contribution < -0.4 is 4.90 Å². The number of hydrogen-bond donors (Lipinski definition) is 0. The Morgan fingerprint density at radius 2 is 1.98 bits per heavy atom. The molecule has 1 atom stereocenters. The molecule has 0 aliphatic carbocycles. The first-order valence-electron chi connectivity index (χ1n) is 13.4. The molecule has 12 heteroatoms. The smallest absolute Gasteiger partial charge is 0.406 e. The van der Waals surface area contributed by atoms with Crippen molar-refractivity contribution in [2.45, 2.75) is 45.5 Å². The zero-order valence-corrected chi connectivity index (χ0v) is 23.6. The predicted octanol–water partition coefficient (Wildman–Crippen LogP) is 5.21. The van der Waals surface area contributed by atoms with E-state index in [0.717, 1.165) is 75.6 Å². The average molecular weight is 583 g/mol. The highest BCUT2D eigenvalue weighted by Crippen LogP contribution is 2.43. The van der Waals surface area contributed by atoms with E-state index in [4.69, 9.17) is 4.74 Å². The Labute approximate surface area is 238 Å². The molecule has 0 saturated carbocycles. The highest BCUT2D eigenvalue weighted by Gasteiger charge is 2.44. The van der Waals surface area contributed by atoms with Crippen LogP contribution in [0.4, 0.5) is 19.0 Å². The van der Waals surface area contributed by atoms with Crippen LogP contribution in [0, 0.1) is 23.7 Å². The fourth-order valence-corrected chi connectivity index (χ4v) is 7.41. The first-order chi connectivity index (χ1) is 19.6. The van der Waals surface area contributed by atoms with Gasteiger partial charge in [-0.1, -0.05) is 6.07 Å². The molecule has 4 aromatic rings. The SMILES string of the molecule is COC(=O)Cc1cc2c(N3CCC4(CCN(Cc5ccc6c(cc(C#N)n6CC(F)(F)F)c5C)C4)C3)ncnc2s1. The molecule has 1 aromatic carbocycles. The van der Waals surface area contributed by atoms with E-state index in [0.29, 0.717) is 17.4 Å². The van der Waals surface area contributed by atoms with Gasteiger partial charge in [-0.15, -0.1) is 11.3 Å². The molecule has 0 N–H and O–H groups in total. The second kappa shape index (κ2) is 10.3. The van der Waals surface area contributed by atoms with Gasteiger partial charge in [-0.25, -0.2) is 9.97 Å². The Morgan fingerprint density at radius 1 is 1.17 bits per heavy atom. The number of alkyl halides is 3. The van der Waals surface area contributed by atoms with Gasteiger partial charge in [0.15, 0.2) is 0 Å². The van der Waals surface area contributed by atoms with E-state index in [1.54, 1.807) is 18.5 Å². The van der Waals surface area contributed by atoms with Crippen LogP contribution in [0.3, 0.4) is 0 Å². The topological polar surface area (TPSA) is 87.3 Å². The monoisotopic (exact) mass is 582 g/mol. The maximum Gasteiger partial charge on any atom is 0.406 e. The number of esters is 1. The molecule has 2 saturated heterocycles. The summed E-state index contributed by atoms with van der Waals surface area (Å²) in [6.45, 7) is 5.07. The predicted molar refractivity (Wildman–Crippen MR) is 150 cm³/mol. The van der Waals surface area contributed by atoms with Crippen molar-refractivity contribution in [3.8, 4) is 6.07 Å². The maximum atomic E-state index is 13.2. The van der Waals surface area contributed by atoms with Crippen molar-refractivity contribution in [3.63, 3.8) is 0 Å². The standard InChI is InChI=1S/C29H29F3N6O2S/c1-18-19(3-4-24-22(18)9-20(12-33)38(24)16-29(30,31)32)13-36-7-5-28(14-36)6-8-37(15-28)26-23-10-21(11-25(39)40-2)41-27(23)35-17-34-26/h3-4,9-10,17H,5-8,11,13-16H2,1-2H3. The molecule has 5 heterocycles. The highest BCUT2D eigenvalue weighted by atomic mass is 32.1. The van der Waals surface area contributed by atoms with Crippen LogP contribution in [0.2, 0.25) is 0 Å². The third-order valence-corrected chi connectivity index (χ3v) is 9.52. The number of benzene rings is 1. The van der Waals surface area contributed by atoms with E-state index in [-0.39, 0.29) is 23.5 Å². The van der Waals surface area contributed by atoms with Crippen molar-refractivity contribution < 1.29 is 22.7 Å². The fraction of sp³-hybridized carbons (Fsp3) is 0.448. The minimum atomic E-state index is -4.41. The summed E-state index contributed by atoms with van der Waals surface area (Å²) in [7, 11) is 1.38. The zero-order valence-electron chi connectivity index (χ0n) is 22.8. The number of ether oxygens (including phenoxy) is 1. The van der Waals surface area contributed by atoms with Crippen LogP contribution in [0.15, 0.2) is 30.6 Å². The lowest BCUT2D eigenvalue weighted by molar-refractivity contribution is -0.140. The van der Waals surface area contributed by atoms with Crippen LogP contribution in [-0.4, -0.2) is 64.9 Å². The summed E-state index contributed by atoms with van der Waals surface area (Å²) in [5, 5.41) is 11.1. The third kappa shape index (κ3) is 5.24. The Bertz CT molecular complexity index is 1690. The first-order valence-corrected chi connectivity index (χ1v) is 14.3. The van der Waals surface area contributed by atoms with E-state index < -0.39 is 12.7 Å². The fourth-order valence-electron chi connectivity index (χ4n) is 6.43. The number of halogens is 3. The third-order valence-electron chi connectivity index (χ3n) is 8.47. The number of nitrogens with zero attached hydrogens (tertiary/aromatic N) is 6. The number of methoxy groups -OCH3 is 1. The van der Waals surface area contributed by atoms with Gasteiger partial charge in [-0.2, -0.15) is 18.4 Å². The number of carbonyl (C=O) groups is 1. The molecule has 1 spiro atoms. The van der Waals surface area contributed by atoms with Crippen LogP contribution >= 0.6 is 11.3 Å². The number of nitriles is 1. The number of likely N-dealkylation sites (tertiary alicyclic amines) is 1. The summed E-state index contributed by atoms with van der Waals surface area (Å²) in [6.07, 6.45) is -0.517. The van der Waals surface area contributed by atoms with Crippen molar-refractivity contribution in [2.75, 3.05) is 38.2 Å². The Morgan fingerprint density at radius 3 is 2.73 bits per heavy atom. The second-order valence-corrected chi connectivity index (χ2v) is 12.3. The van der Waals surface area contributed by atoms with E-state index in [1.807, 2.05) is 25.1 Å². The molecule has 41 heavy (non-hydrogen) atoms. The van der Waals surface area contributed by atoms with Crippen LogP contribution in [-0.2, 0) is 29.0 Å². The Kier molecular flexibility index (Phi) is 6.90. The average Bonchev–Trinajstić information content (AvgIpc) is 3.71. The van der Waals surface area contributed by atoms with Gasteiger partial charge in [0.1, 0.15) is 35.3 Å². The van der Waals surface area contributed by atoms with E-state index in [1.165, 1.54) is 18.4 Å².